The van der Waals surface area contributed by atoms with Crippen molar-refractivity contribution < 1.29 is 9.90 Å². The van der Waals surface area contributed by atoms with Gasteiger partial charge in [0, 0.05) is 24.3 Å². The number of aliphatic hydroxyl groups excluding tert-OH is 1. The molecule has 0 spiro atoms. The summed E-state index contributed by atoms with van der Waals surface area (Å²) in [5.74, 6) is 6.97. The number of hydrogen-bond donors (Lipinski definition) is 3. The fourth-order valence-electron chi connectivity index (χ4n) is 2.55. The van der Waals surface area contributed by atoms with Crippen molar-refractivity contribution in [1.82, 2.24) is 20.5 Å². The number of nitrogens with zero attached hydrogens (tertiary/aromatic N) is 2. The van der Waals surface area contributed by atoms with E-state index in [1.807, 2.05) is 20.8 Å². The Morgan fingerprint density at radius 2 is 2.29 bits per heavy atom. The molecule has 0 unspecified atom stereocenters. The number of aromatic nitrogens is 3. The zero-order valence-electron chi connectivity index (χ0n) is 12.7. The van der Waals surface area contributed by atoms with E-state index < -0.39 is 6.10 Å². The Hall–Kier alpha value is -1.87. The molecule has 21 heavy (non-hydrogen) atoms. The van der Waals surface area contributed by atoms with Gasteiger partial charge in [-0.15, -0.1) is 0 Å². The predicted octanol–water partition coefficient (Wildman–Crippen LogP) is 0.743. The van der Waals surface area contributed by atoms with Gasteiger partial charge in [-0.2, -0.15) is 5.10 Å². The molecule has 3 atom stereocenters. The van der Waals surface area contributed by atoms with E-state index >= 15 is 0 Å². The SMILES string of the molecule is Cc1nc([C@H]2C[C@H](CNC(=O)C#CC(C)C)[C@H](O)C2)n[nH]1. The first-order valence-corrected chi connectivity index (χ1v) is 7.32. The molecule has 3 N–H and O–H groups in total. The molecule has 6 nitrogen and oxygen atoms in total. The normalized spacial score (nSPS) is 24.7. The van der Waals surface area contributed by atoms with Gasteiger partial charge in [0.15, 0.2) is 5.82 Å². The van der Waals surface area contributed by atoms with Crippen LogP contribution in [0, 0.1) is 30.6 Å². The maximum atomic E-state index is 11.6. The van der Waals surface area contributed by atoms with E-state index in [1.165, 1.54) is 0 Å². The average molecular weight is 290 g/mol. The van der Waals surface area contributed by atoms with Gasteiger partial charge >= 0.3 is 0 Å². The number of rotatable bonds is 3. The highest BCUT2D eigenvalue weighted by atomic mass is 16.3. The summed E-state index contributed by atoms with van der Waals surface area (Å²) < 4.78 is 0. The van der Waals surface area contributed by atoms with Crippen LogP contribution >= 0.6 is 0 Å². The summed E-state index contributed by atoms with van der Waals surface area (Å²) in [4.78, 5) is 15.9. The van der Waals surface area contributed by atoms with Gasteiger partial charge in [0.25, 0.3) is 5.91 Å². The highest BCUT2D eigenvalue weighted by Crippen LogP contribution is 2.36. The largest absolute Gasteiger partial charge is 0.393 e. The van der Waals surface area contributed by atoms with Gasteiger partial charge in [-0.1, -0.05) is 19.8 Å². The van der Waals surface area contributed by atoms with Crippen molar-refractivity contribution in [2.75, 3.05) is 6.54 Å². The van der Waals surface area contributed by atoms with E-state index in [1.54, 1.807) is 0 Å². The number of H-pyrrole nitrogens is 1. The molecule has 0 saturated heterocycles. The molecule has 1 heterocycles. The second-order valence-electron chi connectivity index (χ2n) is 5.91. The zero-order chi connectivity index (χ0) is 15.4. The minimum atomic E-state index is -0.438. The maximum Gasteiger partial charge on any atom is 0.295 e. The molecule has 1 saturated carbocycles. The highest BCUT2D eigenvalue weighted by Gasteiger charge is 2.35. The van der Waals surface area contributed by atoms with Crippen molar-refractivity contribution in [3.63, 3.8) is 0 Å². The Bertz CT molecular complexity index is 556. The van der Waals surface area contributed by atoms with E-state index in [0.717, 1.165) is 18.1 Å². The fraction of sp³-hybridized carbons (Fsp3) is 0.667. The minimum absolute atomic E-state index is 0.0265. The molecule has 2 rings (SSSR count). The van der Waals surface area contributed by atoms with Gasteiger partial charge in [-0.25, -0.2) is 4.98 Å². The number of hydrogen-bond acceptors (Lipinski definition) is 4. The number of amides is 1. The number of carbonyl (C=O) groups is 1. The number of aryl methyl sites for hydroxylation is 1. The third-order valence-electron chi connectivity index (χ3n) is 3.64. The smallest absolute Gasteiger partial charge is 0.295 e. The summed E-state index contributed by atoms with van der Waals surface area (Å²) in [7, 11) is 0. The van der Waals surface area contributed by atoms with E-state index in [9.17, 15) is 9.90 Å². The van der Waals surface area contributed by atoms with Crippen molar-refractivity contribution >= 4 is 5.91 Å². The molecular formula is C15H22N4O2. The number of nitrogens with one attached hydrogen (secondary N) is 2. The first-order valence-electron chi connectivity index (χ1n) is 7.32. The second kappa shape index (κ2) is 6.72. The van der Waals surface area contributed by atoms with Crippen LogP contribution in [0.2, 0.25) is 0 Å². The molecule has 1 amide bonds. The monoisotopic (exact) mass is 290 g/mol. The van der Waals surface area contributed by atoms with Crippen LogP contribution in [0.25, 0.3) is 0 Å². The van der Waals surface area contributed by atoms with Gasteiger partial charge in [0.1, 0.15) is 5.82 Å². The number of carbonyl (C=O) groups excluding carboxylic acids is 1. The lowest BCUT2D eigenvalue weighted by Crippen LogP contribution is -2.31. The van der Waals surface area contributed by atoms with Gasteiger partial charge in [-0.3, -0.25) is 9.89 Å². The van der Waals surface area contributed by atoms with E-state index in [0.29, 0.717) is 13.0 Å². The lowest BCUT2D eigenvalue weighted by atomic mass is 10.0. The molecule has 1 fully saturated rings. The quantitative estimate of drug-likeness (QED) is 0.716. The van der Waals surface area contributed by atoms with Crippen LogP contribution < -0.4 is 5.32 Å². The van der Waals surface area contributed by atoms with Crippen molar-refractivity contribution in [2.45, 2.75) is 45.6 Å². The molecule has 114 valence electrons. The molecule has 1 aromatic heterocycles. The van der Waals surface area contributed by atoms with Gasteiger partial charge in [0.2, 0.25) is 0 Å². The summed E-state index contributed by atoms with van der Waals surface area (Å²) in [6.45, 7) is 6.16. The average Bonchev–Trinajstić information content (AvgIpc) is 3.00. The lowest BCUT2D eigenvalue weighted by Gasteiger charge is -2.13. The van der Waals surface area contributed by atoms with Crippen LogP contribution in [-0.2, 0) is 4.79 Å². The molecule has 0 aliphatic heterocycles. The van der Waals surface area contributed by atoms with Crippen LogP contribution in [0.3, 0.4) is 0 Å². The second-order valence-corrected chi connectivity index (χ2v) is 5.91. The summed E-state index contributed by atoms with van der Waals surface area (Å²) in [5.41, 5.74) is 0. The predicted molar refractivity (Wildman–Crippen MR) is 78.2 cm³/mol. The number of aromatic amines is 1. The summed E-state index contributed by atoms with van der Waals surface area (Å²) in [6, 6.07) is 0. The Kier molecular flexibility index (Phi) is 4.97. The van der Waals surface area contributed by atoms with E-state index in [4.69, 9.17) is 0 Å². The summed E-state index contributed by atoms with van der Waals surface area (Å²) in [5, 5.41) is 19.8. The minimum Gasteiger partial charge on any atom is -0.393 e. The van der Waals surface area contributed by atoms with Crippen LogP contribution in [0.5, 0.6) is 0 Å². The molecule has 6 heteroatoms. The molecule has 1 aromatic rings. The number of aliphatic hydroxyl groups is 1. The Labute approximate surface area is 124 Å². The molecule has 1 aliphatic carbocycles. The summed E-state index contributed by atoms with van der Waals surface area (Å²) in [6.07, 6.45) is 0.971. The van der Waals surface area contributed by atoms with Gasteiger partial charge in [-0.05, 0) is 25.7 Å². The van der Waals surface area contributed by atoms with Crippen LogP contribution in [0.1, 0.15) is 44.3 Å². The Morgan fingerprint density at radius 1 is 1.52 bits per heavy atom. The third-order valence-corrected chi connectivity index (χ3v) is 3.64. The van der Waals surface area contributed by atoms with Crippen molar-refractivity contribution in [1.29, 1.82) is 0 Å². The van der Waals surface area contributed by atoms with E-state index in [2.05, 4.69) is 32.3 Å². The highest BCUT2D eigenvalue weighted by molar-refractivity contribution is 5.93. The van der Waals surface area contributed by atoms with E-state index in [-0.39, 0.29) is 23.7 Å². The lowest BCUT2D eigenvalue weighted by molar-refractivity contribution is -0.116. The summed E-state index contributed by atoms with van der Waals surface area (Å²) >= 11 is 0. The van der Waals surface area contributed by atoms with Crippen LogP contribution in [0.15, 0.2) is 0 Å². The fourth-order valence-corrected chi connectivity index (χ4v) is 2.55. The topological polar surface area (TPSA) is 90.9 Å². The van der Waals surface area contributed by atoms with Crippen LogP contribution in [-0.4, -0.2) is 38.8 Å². The Balaban J connectivity index is 1.85. The molecule has 0 aromatic carbocycles. The molecule has 1 aliphatic rings. The van der Waals surface area contributed by atoms with Crippen molar-refractivity contribution in [3.05, 3.63) is 11.6 Å². The van der Waals surface area contributed by atoms with Crippen molar-refractivity contribution in [2.24, 2.45) is 11.8 Å². The Morgan fingerprint density at radius 3 is 2.90 bits per heavy atom. The molecular weight excluding hydrogens is 268 g/mol. The first kappa shape index (κ1) is 15.5. The standard InChI is InChI=1S/C15H22N4O2/c1-9(2)4-5-14(21)16-8-12-6-11(7-13(12)20)15-17-10(3)18-19-15/h9,11-13,20H,6-8H2,1-3H3,(H,16,21)(H,17,18,19)/t11-,12+,13+/m0/s1. The zero-order valence-corrected chi connectivity index (χ0v) is 12.7. The maximum absolute atomic E-state index is 11.6. The first-order chi connectivity index (χ1) is 9.95. The third kappa shape index (κ3) is 4.30. The molecule has 0 radical (unpaired) electrons. The van der Waals surface area contributed by atoms with Gasteiger partial charge < -0.3 is 10.4 Å². The van der Waals surface area contributed by atoms with Crippen molar-refractivity contribution in [3.8, 4) is 11.8 Å². The molecule has 0 bridgehead atoms. The van der Waals surface area contributed by atoms with Gasteiger partial charge in [0.05, 0.1) is 6.10 Å². The van der Waals surface area contributed by atoms with Crippen LogP contribution in [0.4, 0.5) is 0 Å².